The fourth-order valence-electron chi connectivity index (χ4n) is 2.45. The quantitative estimate of drug-likeness (QED) is 0.468. The van der Waals surface area contributed by atoms with Gasteiger partial charge in [-0.15, -0.1) is 0 Å². The first kappa shape index (κ1) is 13.6. The summed E-state index contributed by atoms with van der Waals surface area (Å²) in [5.74, 6) is 0.579. The summed E-state index contributed by atoms with van der Waals surface area (Å²) in [7, 11) is 0. The molecule has 0 radical (unpaired) electrons. The van der Waals surface area contributed by atoms with Crippen molar-refractivity contribution in [3.63, 3.8) is 0 Å². The molecule has 0 fully saturated rings. The second-order valence-electron chi connectivity index (χ2n) is 5.48. The molecular weight excluding hydrogens is 355 g/mol. The molecule has 0 amide bonds. The average Bonchev–Trinajstić information content (AvgIpc) is 2.47. The van der Waals surface area contributed by atoms with E-state index in [1.54, 1.807) is 0 Å². The largest absolute Gasteiger partial charge is 0.0587 e. The number of hydrogen-bond donors (Lipinski definition) is 0. The highest BCUT2D eigenvalue weighted by Crippen LogP contribution is 2.27. The third-order valence-corrected chi connectivity index (χ3v) is 4.43. The minimum Gasteiger partial charge on any atom is -0.0587 e. The smallest absolute Gasteiger partial charge is 0.0130 e. The van der Waals surface area contributed by atoms with E-state index in [2.05, 4.69) is 97.1 Å². The van der Waals surface area contributed by atoms with Crippen molar-refractivity contribution in [2.24, 2.45) is 0 Å². The van der Waals surface area contributed by atoms with Gasteiger partial charge >= 0.3 is 0 Å². The predicted molar refractivity (Wildman–Crippen MR) is 96.2 cm³/mol. The molecule has 0 nitrogen and oxygen atoms in total. The average molecular weight is 372 g/mol. The van der Waals surface area contributed by atoms with Gasteiger partial charge < -0.3 is 0 Å². The van der Waals surface area contributed by atoms with Crippen molar-refractivity contribution in [1.29, 1.82) is 0 Å². The van der Waals surface area contributed by atoms with Crippen LogP contribution in [0.25, 0.3) is 21.9 Å². The molecule has 100 valence electrons. The van der Waals surface area contributed by atoms with Gasteiger partial charge in [-0.05, 0) is 74.2 Å². The van der Waals surface area contributed by atoms with Crippen LogP contribution in [-0.4, -0.2) is 0 Å². The number of halogens is 1. The molecule has 0 unspecified atom stereocenters. The van der Waals surface area contributed by atoms with E-state index in [0.29, 0.717) is 5.92 Å². The Balaban J connectivity index is 2.07. The van der Waals surface area contributed by atoms with Crippen molar-refractivity contribution < 1.29 is 0 Å². The lowest BCUT2D eigenvalue weighted by Crippen LogP contribution is -1.87. The highest BCUT2D eigenvalue weighted by atomic mass is 127. The number of hydrogen-bond acceptors (Lipinski definition) is 0. The second kappa shape index (κ2) is 5.57. The maximum atomic E-state index is 2.34. The molecule has 0 atom stereocenters. The monoisotopic (exact) mass is 372 g/mol. The standard InChI is InChI=1S/C19H17I/c1-13(2)15-3-4-18-12-16(5-6-17(18)11-15)14-7-9-19(20)10-8-14/h3-13H,1-2H3. The maximum Gasteiger partial charge on any atom is 0.0130 e. The van der Waals surface area contributed by atoms with Gasteiger partial charge in [-0.2, -0.15) is 0 Å². The van der Waals surface area contributed by atoms with E-state index in [9.17, 15) is 0 Å². The maximum absolute atomic E-state index is 2.34. The molecule has 0 saturated carbocycles. The van der Waals surface area contributed by atoms with Crippen molar-refractivity contribution in [1.82, 2.24) is 0 Å². The van der Waals surface area contributed by atoms with Crippen molar-refractivity contribution >= 4 is 33.4 Å². The van der Waals surface area contributed by atoms with Gasteiger partial charge in [-0.25, -0.2) is 0 Å². The second-order valence-corrected chi connectivity index (χ2v) is 6.73. The first-order chi connectivity index (χ1) is 9.63. The third kappa shape index (κ3) is 2.73. The molecule has 20 heavy (non-hydrogen) atoms. The molecule has 3 aromatic carbocycles. The van der Waals surface area contributed by atoms with Crippen molar-refractivity contribution in [2.45, 2.75) is 19.8 Å². The van der Waals surface area contributed by atoms with Crippen molar-refractivity contribution in [2.75, 3.05) is 0 Å². The SMILES string of the molecule is CC(C)c1ccc2cc(-c3ccc(I)cc3)ccc2c1. The van der Waals surface area contributed by atoms with E-state index < -0.39 is 0 Å². The summed E-state index contributed by atoms with van der Waals surface area (Å²) >= 11 is 2.34. The predicted octanol–water partition coefficient (Wildman–Crippen LogP) is 6.23. The molecule has 0 N–H and O–H groups in total. The summed E-state index contributed by atoms with van der Waals surface area (Å²) < 4.78 is 1.27. The highest BCUT2D eigenvalue weighted by Gasteiger charge is 2.03. The van der Waals surface area contributed by atoms with Crippen LogP contribution in [-0.2, 0) is 0 Å². The lowest BCUT2D eigenvalue weighted by atomic mass is 9.96. The van der Waals surface area contributed by atoms with Crippen LogP contribution in [0.2, 0.25) is 0 Å². The van der Waals surface area contributed by atoms with Crippen LogP contribution in [0, 0.1) is 3.57 Å². The Labute approximate surface area is 134 Å². The van der Waals surface area contributed by atoms with Crippen molar-refractivity contribution in [3.8, 4) is 11.1 Å². The lowest BCUT2D eigenvalue weighted by Gasteiger charge is -2.09. The first-order valence-corrected chi connectivity index (χ1v) is 8.01. The van der Waals surface area contributed by atoms with Gasteiger partial charge in [0.15, 0.2) is 0 Å². The summed E-state index contributed by atoms with van der Waals surface area (Å²) in [6.45, 7) is 4.47. The van der Waals surface area contributed by atoms with Gasteiger partial charge in [0.25, 0.3) is 0 Å². The van der Waals surface area contributed by atoms with Gasteiger partial charge in [0.1, 0.15) is 0 Å². The Morgan fingerprint density at radius 1 is 0.700 bits per heavy atom. The Morgan fingerprint density at radius 2 is 1.30 bits per heavy atom. The molecule has 0 aliphatic rings. The first-order valence-electron chi connectivity index (χ1n) is 6.93. The zero-order chi connectivity index (χ0) is 14.1. The summed E-state index contributed by atoms with van der Waals surface area (Å²) in [5, 5.41) is 2.64. The zero-order valence-electron chi connectivity index (χ0n) is 11.7. The van der Waals surface area contributed by atoms with E-state index in [4.69, 9.17) is 0 Å². The molecule has 3 rings (SSSR count). The number of benzene rings is 3. The molecule has 3 aromatic rings. The van der Waals surface area contributed by atoms with Crippen LogP contribution in [0.3, 0.4) is 0 Å². The third-order valence-electron chi connectivity index (χ3n) is 3.71. The van der Waals surface area contributed by atoms with Gasteiger partial charge in [0.2, 0.25) is 0 Å². The van der Waals surface area contributed by atoms with Crippen LogP contribution >= 0.6 is 22.6 Å². The summed E-state index contributed by atoms with van der Waals surface area (Å²) in [4.78, 5) is 0. The van der Waals surface area contributed by atoms with Gasteiger partial charge in [-0.1, -0.05) is 56.3 Å². The molecule has 0 spiro atoms. The molecule has 0 aliphatic heterocycles. The molecule has 0 bridgehead atoms. The van der Waals surface area contributed by atoms with Crippen LogP contribution in [0.1, 0.15) is 25.3 Å². The van der Waals surface area contributed by atoms with Crippen LogP contribution in [0.15, 0.2) is 60.7 Å². The summed E-state index contributed by atoms with van der Waals surface area (Å²) in [5.41, 5.74) is 3.96. The van der Waals surface area contributed by atoms with E-state index in [1.165, 1.54) is 31.0 Å². The molecule has 1 heteroatoms. The van der Waals surface area contributed by atoms with Crippen LogP contribution < -0.4 is 0 Å². The topological polar surface area (TPSA) is 0 Å². The fraction of sp³-hybridized carbons (Fsp3) is 0.158. The summed E-state index contributed by atoms with van der Waals surface area (Å²) in [6, 6.07) is 22.2. The Kier molecular flexibility index (Phi) is 3.79. The van der Waals surface area contributed by atoms with Gasteiger partial charge in [0, 0.05) is 3.57 Å². The molecule has 0 aromatic heterocycles. The van der Waals surface area contributed by atoms with Gasteiger partial charge in [-0.3, -0.25) is 0 Å². The Hall–Kier alpha value is -1.35. The zero-order valence-corrected chi connectivity index (χ0v) is 13.9. The van der Waals surface area contributed by atoms with E-state index in [0.717, 1.165) is 0 Å². The highest BCUT2D eigenvalue weighted by molar-refractivity contribution is 14.1. The molecule has 0 heterocycles. The Bertz CT molecular complexity index is 739. The molecule has 0 saturated heterocycles. The normalized spacial score (nSPS) is 11.2. The van der Waals surface area contributed by atoms with Crippen LogP contribution in [0.4, 0.5) is 0 Å². The minimum absolute atomic E-state index is 0.579. The number of rotatable bonds is 2. The van der Waals surface area contributed by atoms with Crippen LogP contribution in [0.5, 0.6) is 0 Å². The van der Waals surface area contributed by atoms with E-state index >= 15 is 0 Å². The van der Waals surface area contributed by atoms with E-state index in [1.807, 2.05) is 0 Å². The summed E-state index contributed by atoms with van der Waals surface area (Å²) in [6.07, 6.45) is 0. The minimum atomic E-state index is 0.579. The van der Waals surface area contributed by atoms with E-state index in [-0.39, 0.29) is 0 Å². The van der Waals surface area contributed by atoms with Crippen molar-refractivity contribution in [3.05, 3.63) is 69.8 Å². The fourth-order valence-corrected chi connectivity index (χ4v) is 2.80. The molecule has 0 aliphatic carbocycles. The number of fused-ring (bicyclic) bond motifs is 1. The lowest BCUT2D eigenvalue weighted by molar-refractivity contribution is 0.869. The Morgan fingerprint density at radius 3 is 2.00 bits per heavy atom. The molecular formula is C19H17I. The van der Waals surface area contributed by atoms with Gasteiger partial charge in [0.05, 0.1) is 0 Å².